The molecule has 0 spiro atoms. The molecule has 5 heteroatoms. The fraction of sp³-hybridized carbons (Fsp3) is 0.385. The third kappa shape index (κ3) is 1.86. The third-order valence-corrected chi connectivity index (χ3v) is 3.39. The van der Waals surface area contributed by atoms with E-state index in [1.54, 1.807) is 26.0 Å². The topological polar surface area (TPSA) is 74.1 Å². The zero-order chi connectivity index (χ0) is 13.3. The Morgan fingerprint density at radius 1 is 1.33 bits per heavy atom. The van der Waals surface area contributed by atoms with Gasteiger partial charge in [0.15, 0.2) is 0 Å². The first-order valence-corrected chi connectivity index (χ1v) is 5.75. The van der Waals surface area contributed by atoms with Crippen LogP contribution in [0.4, 0.5) is 0 Å². The number of nitrogens with zero attached hydrogens (tertiary/aromatic N) is 3. The third-order valence-electron chi connectivity index (χ3n) is 3.39. The maximum atomic E-state index is 11.9. The maximum Gasteiger partial charge on any atom is 0.233 e. The molecular weight excluding hydrogens is 230 g/mol. The van der Waals surface area contributed by atoms with Crippen LogP contribution in [-0.2, 0) is 16.1 Å². The molecule has 2 unspecified atom stereocenters. The number of aromatic nitrogens is 1. The van der Waals surface area contributed by atoms with Crippen molar-refractivity contribution in [3.05, 3.63) is 29.6 Å². The number of carbonyl (C=O) groups excluding carboxylic acids is 2. The van der Waals surface area contributed by atoms with E-state index < -0.39 is 0 Å². The standard InChI is InChI=1S/C13H13N3O2/c1-8-9(2)13(18)16(12(8)17)7-10-4-3-5-15-11(10)6-14/h3-5,8-9H,7H2,1-2H3. The molecule has 2 heterocycles. The van der Waals surface area contributed by atoms with Crippen LogP contribution in [0.5, 0.6) is 0 Å². The summed E-state index contributed by atoms with van der Waals surface area (Å²) in [6, 6.07) is 5.36. The first kappa shape index (κ1) is 12.2. The van der Waals surface area contributed by atoms with Crippen LogP contribution in [0.15, 0.2) is 18.3 Å². The van der Waals surface area contributed by atoms with Crippen LogP contribution >= 0.6 is 0 Å². The zero-order valence-electron chi connectivity index (χ0n) is 10.3. The van der Waals surface area contributed by atoms with Crippen molar-refractivity contribution in [2.45, 2.75) is 20.4 Å². The predicted octanol–water partition coefficient (Wildman–Crippen LogP) is 1.09. The summed E-state index contributed by atoms with van der Waals surface area (Å²) in [6.07, 6.45) is 1.51. The van der Waals surface area contributed by atoms with Crippen LogP contribution in [0.25, 0.3) is 0 Å². The van der Waals surface area contributed by atoms with Crippen LogP contribution in [0.1, 0.15) is 25.1 Å². The van der Waals surface area contributed by atoms with Crippen molar-refractivity contribution >= 4 is 11.8 Å². The summed E-state index contributed by atoms with van der Waals surface area (Å²) in [5.74, 6) is -0.945. The van der Waals surface area contributed by atoms with Crippen molar-refractivity contribution in [2.75, 3.05) is 0 Å². The van der Waals surface area contributed by atoms with Gasteiger partial charge in [-0.1, -0.05) is 19.9 Å². The Morgan fingerprint density at radius 2 is 1.94 bits per heavy atom. The van der Waals surface area contributed by atoms with Crippen molar-refractivity contribution in [3.63, 3.8) is 0 Å². The van der Waals surface area contributed by atoms with E-state index in [1.165, 1.54) is 11.1 Å². The lowest BCUT2D eigenvalue weighted by atomic mass is 10.00. The molecule has 0 aromatic carbocycles. The molecule has 1 saturated heterocycles. The van der Waals surface area contributed by atoms with Crippen molar-refractivity contribution < 1.29 is 9.59 Å². The van der Waals surface area contributed by atoms with Gasteiger partial charge in [-0.25, -0.2) is 4.98 Å². The molecule has 0 N–H and O–H groups in total. The average molecular weight is 243 g/mol. The second kappa shape index (κ2) is 4.57. The number of hydrogen-bond donors (Lipinski definition) is 0. The molecule has 0 bridgehead atoms. The number of pyridine rings is 1. The normalized spacial score (nSPS) is 23.3. The minimum absolute atomic E-state index is 0.128. The van der Waals surface area contributed by atoms with E-state index in [0.29, 0.717) is 5.56 Å². The van der Waals surface area contributed by atoms with Gasteiger partial charge in [-0.05, 0) is 6.07 Å². The highest BCUT2D eigenvalue weighted by atomic mass is 16.2. The fourth-order valence-corrected chi connectivity index (χ4v) is 2.02. The molecule has 2 amide bonds. The SMILES string of the molecule is CC1C(=O)N(Cc2cccnc2C#N)C(=O)C1C. The number of likely N-dealkylation sites (tertiary alicyclic amines) is 1. The monoisotopic (exact) mass is 243 g/mol. The van der Waals surface area contributed by atoms with E-state index in [4.69, 9.17) is 5.26 Å². The van der Waals surface area contributed by atoms with Crippen LogP contribution in [0.2, 0.25) is 0 Å². The van der Waals surface area contributed by atoms with E-state index in [1.807, 2.05) is 6.07 Å². The minimum Gasteiger partial charge on any atom is -0.278 e. The molecule has 0 aliphatic carbocycles. The largest absolute Gasteiger partial charge is 0.278 e. The van der Waals surface area contributed by atoms with Gasteiger partial charge in [-0.15, -0.1) is 0 Å². The molecule has 2 atom stereocenters. The molecule has 5 nitrogen and oxygen atoms in total. The summed E-state index contributed by atoms with van der Waals surface area (Å²) in [5.41, 5.74) is 0.855. The fourth-order valence-electron chi connectivity index (χ4n) is 2.02. The summed E-state index contributed by atoms with van der Waals surface area (Å²) in [4.78, 5) is 29.0. The summed E-state index contributed by atoms with van der Waals surface area (Å²) in [5, 5.41) is 8.93. The molecule has 1 aromatic rings. The lowest BCUT2D eigenvalue weighted by Crippen LogP contribution is -2.30. The van der Waals surface area contributed by atoms with Crippen molar-refractivity contribution in [1.29, 1.82) is 5.26 Å². The average Bonchev–Trinajstić information content (AvgIpc) is 2.57. The van der Waals surface area contributed by atoms with Gasteiger partial charge >= 0.3 is 0 Å². The van der Waals surface area contributed by atoms with Gasteiger partial charge in [0, 0.05) is 23.6 Å². The smallest absolute Gasteiger partial charge is 0.233 e. The number of carbonyl (C=O) groups is 2. The summed E-state index contributed by atoms with van der Waals surface area (Å²) >= 11 is 0. The molecule has 2 rings (SSSR count). The van der Waals surface area contributed by atoms with Gasteiger partial charge < -0.3 is 0 Å². The molecule has 1 aliphatic heterocycles. The van der Waals surface area contributed by atoms with E-state index in [2.05, 4.69) is 4.98 Å². The number of rotatable bonds is 2. The van der Waals surface area contributed by atoms with Gasteiger partial charge in [0.25, 0.3) is 0 Å². The Labute approximate surface area is 105 Å². The molecule has 18 heavy (non-hydrogen) atoms. The Hall–Kier alpha value is -2.22. The Balaban J connectivity index is 2.28. The summed E-state index contributed by atoms with van der Waals surface area (Å²) in [7, 11) is 0. The van der Waals surface area contributed by atoms with E-state index in [0.717, 1.165) is 0 Å². The van der Waals surface area contributed by atoms with Crippen molar-refractivity contribution in [2.24, 2.45) is 11.8 Å². The molecule has 1 fully saturated rings. The van der Waals surface area contributed by atoms with Gasteiger partial charge in [-0.2, -0.15) is 5.26 Å². The van der Waals surface area contributed by atoms with E-state index >= 15 is 0 Å². The molecule has 0 radical (unpaired) electrons. The van der Waals surface area contributed by atoms with Gasteiger partial charge in [0.05, 0.1) is 6.54 Å². The van der Waals surface area contributed by atoms with Gasteiger partial charge in [0.1, 0.15) is 11.8 Å². The molecular formula is C13H13N3O2. The summed E-state index contributed by atoms with van der Waals surface area (Å²) < 4.78 is 0. The minimum atomic E-state index is -0.292. The highest BCUT2D eigenvalue weighted by molar-refractivity contribution is 6.04. The van der Waals surface area contributed by atoms with Crippen LogP contribution in [0.3, 0.4) is 0 Å². The van der Waals surface area contributed by atoms with E-state index in [9.17, 15) is 9.59 Å². The van der Waals surface area contributed by atoms with Crippen LogP contribution in [-0.4, -0.2) is 21.7 Å². The van der Waals surface area contributed by atoms with Crippen molar-refractivity contribution in [3.8, 4) is 6.07 Å². The van der Waals surface area contributed by atoms with Gasteiger partial charge in [0.2, 0.25) is 11.8 Å². The molecule has 0 saturated carbocycles. The predicted molar refractivity (Wildman–Crippen MR) is 62.8 cm³/mol. The Bertz CT molecular complexity index is 527. The van der Waals surface area contributed by atoms with Gasteiger partial charge in [-0.3, -0.25) is 14.5 Å². The number of nitriles is 1. The highest BCUT2D eigenvalue weighted by Crippen LogP contribution is 2.27. The molecule has 1 aromatic heterocycles. The second-order valence-corrected chi connectivity index (χ2v) is 4.46. The number of amides is 2. The number of imide groups is 1. The quantitative estimate of drug-likeness (QED) is 0.729. The lowest BCUT2D eigenvalue weighted by Gasteiger charge is -2.14. The zero-order valence-corrected chi connectivity index (χ0v) is 10.3. The van der Waals surface area contributed by atoms with E-state index in [-0.39, 0.29) is 35.9 Å². The first-order chi connectivity index (χ1) is 8.56. The lowest BCUT2D eigenvalue weighted by molar-refractivity contribution is -0.140. The Morgan fingerprint density at radius 3 is 2.50 bits per heavy atom. The highest BCUT2D eigenvalue weighted by Gasteiger charge is 2.42. The number of hydrogen-bond acceptors (Lipinski definition) is 4. The Kier molecular flexibility index (Phi) is 3.11. The van der Waals surface area contributed by atoms with Crippen LogP contribution in [0, 0.1) is 23.2 Å². The summed E-state index contributed by atoms with van der Waals surface area (Å²) in [6.45, 7) is 3.63. The maximum absolute atomic E-state index is 11.9. The van der Waals surface area contributed by atoms with Crippen molar-refractivity contribution in [1.82, 2.24) is 9.88 Å². The van der Waals surface area contributed by atoms with Crippen LogP contribution < -0.4 is 0 Å². The second-order valence-electron chi connectivity index (χ2n) is 4.46. The first-order valence-electron chi connectivity index (χ1n) is 5.75. The molecule has 92 valence electrons. The molecule has 1 aliphatic rings.